The van der Waals surface area contributed by atoms with Crippen molar-refractivity contribution in [1.82, 2.24) is 4.98 Å². The van der Waals surface area contributed by atoms with E-state index in [1.54, 1.807) is 12.3 Å². The topological polar surface area (TPSA) is 30.0 Å². The third-order valence-electron chi connectivity index (χ3n) is 2.86. The lowest BCUT2D eigenvalue weighted by atomic mass is 10.1. The summed E-state index contributed by atoms with van der Waals surface area (Å²) in [5.41, 5.74) is 1.74. The molecule has 1 aromatic heterocycles. The van der Waals surface area contributed by atoms with Crippen LogP contribution in [0.4, 0.5) is 4.39 Å². The van der Waals surface area contributed by atoms with Gasteiger partial charge in [-0.1, -0.05) is 24.6 Å². The lowest BCUT2D eigenvalue weighted by Gasteiger charge is -2.04. The van der Waals surface area contributed by atoms with Crippen molar-refractivity contribution in [3.05, 3.63) is 64.2 Å². The molecule has 4 heteroatoms. The summed E-state index contributed by atoms with van der Waals surface area (Å²) in [5, 5.41) is 0.346. The Morgan fingerprint density at radius 2 is 2.11 bits per heavy atom. The molecule has 0 N–H and O–H groups in total. The lowest BCUT2D eigenvalue weighted by Crippen LogP contribution is -2.07. The molecule has 1 aromatic carbocycles. The molecule has 0 saturated carbocycles. The highest BCUT2D eigenvalue weighted by molar-refractivity contribution is 6.31. The average Bonchev–Trinajstić information content (AvgIpc) is 2.42. The van der Waals surface area contributed by atoms with Gasteiger partial charge in [0.05, 0.1) is 12.0 Å². The number of benzene rings is 1. The molecular formula is C15H13ClFNO. The van der Waals surface area contributed by atoms with Crippen LogP contribution < -0.4 is 0 Å². The molecule has 0 spiro atoms. The van der Waals surface area contributed by atoms with E-state index in [1.807, 2.05) is 13.0 Å². The normalized spacial score (nSPS) is 10.5. The minimum absolute atomic E-state index is 0.00821. The second kappa shape index (κ2) is 5.93. The third kappa shape index (κ3) is 3.38. The van der Waals surface area contributed by atoms with E-state index in [1.165, 1.54) is 18.2 Å². The Hall–Kier alpha value is -1.74. The van der Waals surface area contributed by atoms with Gasteiger partial charge in [-0.3, -0.25) is 9.78 Å². The maximum atomic E-state index is 13.5. The molecule has 2 nitrogen and oxygen atoms in total. The summed E-state index contributed by atoms with van der Waals surface area (Å²) >= 11 is 5.77. The van der Waals surface area contributed by atoms with Crippen LogP contribution in [-0.4, -0.2) is 10.8 Å². The SMILES string of the molecule is CCc1ccc(CC(=O)c2cc(Cl)ccc2F)nc1. The molecule has 0 fully saturated rings. The van der Waals surface area contributed by atoms with Gasteiger partial charge >= 0.3 is 0 Å². The maximum absolute atomic E-state index is 13.5. The van der Waals surface area contributed by atoms with Crippen LogP contribution in [0.1, 0.15) is 28.5 Å². The number of rotatable bonds is 4. The fourth-order valence-corrected chi connectivity index (χ4v) is 1.91. The van der Waals surface area contributed by atoms with Gasteiger partial charge < -0.3 is 0 Å². The molecule has 0 aliphatic heterocycles. The molecule has 0 radical (unpaired) electrons. The lowest BCUT2D eigenvalue weighted by molar-refractivity contribution is 0.0988. The first-order valence-corrected chi connectivity index (χ1v) is 6.40. The van der Waals surface area contributed by atoms with E-state index < -0.39 is 5.82 Å². The average molecular weight is 278 g/mol. The van der Waals surface area contributed by atoms with Crippen molar-refractivity contribution >= 4 is 17.4 Å². The summed E-state index contributed by atoms with van der Waals surface area (Å²) in [6, 6.07) is 7.67. The summed E-state index contributed by atoms with van der Waals surface area (Å²) in [6.45, 7) is 2.03. The van der Waals surface area contributed by atoms with Crippen molar-refractivity contribution in [2.24, 2.45) is 0 Å². The Morgan fingerprint density at radius 1 is 1.32 bits per heavy atom. The Morgan fingerprint density at radius 3 is 2.74 bits per heavy atom. The summed E-state index contributed by atoms with van der Waals surface area (Å²) in [4.78, 5) is 16.2. The summed E-state index contributed by atoms with van der Waals surface area (Å²) < 4.78 is 13.5. The molecule has 2 rings (SSSR count). The van der Waals surface area contributed by atoms with Crippen molar-refractivity contribution in [2.45, 2.75) is 19.8 Å². The Kier molecular flexibility index (Phi) is 4.27. The zero-order valence-electron chi connectivity index (χ0n) is 10.5. The van der Waals surface area contributed by atoms with Crippen LogP contribution in [0, 0.1) is 5.82 Å². The monoisotopic (exact) mass is 277 g/mol. The summed E-state index contributed by atoms with van der Waals surface area (Å²) in [7, 11) is 0. The first-order chi connectivity index (χ1) is 9.10. The quantitative estimate of drug-likeness (QED) is 0.794. The number of nitrogens with zero attached hydrogens (tertiary/aromatic N) is 1. The van der Waals surface area contributed by atoms with E-state index in [4.69, 9.17) is 11.6 Å². The Labute approximate surface area is 116 Å². The smallest absolute Gasteiger partial charge is 0.171 e. The number of pyridine rings is 1. The van der Waals surface area contributed by atoms with Crippen LogP contribution in [0.25, 0.3) is 0 Å². The third-order valence-corrected chi connectivity index (χ3v) is 3.10. The fraction of sp³-hybridized carbons (Fsp3) is 0.200. The van der Waals surface area contributed by atoms with E-state index in [2.05, 4.69) is 4.98 Å². The molecule has 0 amide bonds. The molecule has 0 unspecified atom stereocenters. The Balaban J connectivity index is 2.18. The van der Waals surface area contributed by atoms with Crippen molar-refractivity contribution in [3.8, 4) is 0 Å². The largest absolute Gasteiger partial charge is 0.294 e. The molecule has 0 atom stereocenters. The fourth-order valence-electron chi connectivity index (χ4n) is 1.74. The molecule has 0 aliphatic carbocycles. The van der Waals surface area contributed by atoms with Gasteiger partial charge in [0.2, 0.25) is 0 Å². The second-order valence-corrected chi connectivity index (χ2v) is 4.67. The van der Waals surface area contributed by atoms with Crippen molar-refractivity contribution in [3.63, 3.8) is 0 Å². The number of aryl methyl sites for hydroxylation is 1. The van der Waals surface area contributed by atoms with Gasteiger partial charge in [-0.05, 0) is 36.2 Å². The number of aromatic nitrogens is 1. The predicted molar refractivity (Wildman–Crippen MR) is 73.1 cm³/mol. The van der Waals surface area contributed by atoms with E-state index in [9.17, 15) is 9.18 Å². The van der Waals surface area contributed by atoms with Gasteiger partial charge in [-0.25, -0.2) is 4.39 Å². The zero-order chi connectivity index (χ0) is 13.8. The van der Waals surface area contributed by atoms with Crippen LogP contribution in [0.15, 0.2) is 36.5 Å². The van der Waals surface area contributed by atoms with Gasteiger partial charge in [0.1, 0.15) is 5.82 Å². The first kappa shape index (κ1) is 13.7. The van der Waals surface area contributed by atoms with Crippen LogP contribution in [0.5, 0.6) is 0 Å². The molecule has 1 heterocycles. The van der Waals surface area contributed by atoms with Crippen LogP contribution in [0.2, 0.25) is 5.02 Å². The van der Waals surface area contributed by atoms with Gasteiger partial charge in [-0.2, -0.15) is 0 Å². The zero-order valence-corrected chi connectivity index (χ0v) is 11.2. The van der Waals surface area contributed by atoms with Crippen LogP contribution >= 0.6 is 11.6 Å². The minimum Gasteiger partial charge on any atom is -0.294 e. The highest BCUT2D eigenvalue weighted by Crippen LogP contribution is 2.17. The van der Waals surface area contributed by atoms with E-state index in [-0.39, 0.29) is 17.8 Å². The van der Waals surface area contributed by atoms with Crippen molar-refractivity contribution in [1.29, 1.82) is 0 Å². The van der Waals surface area contributed by atoms with Gasteiger partial charge in [-0.15, -0.1) is 0 Å². The highest BCUT2D eigenvalue weighted by atomic mass is 35.5. The molecule has 0 aliphatic rings. The summed E-state index contributed by atoms with van der Waals surface area (Å²) in [5.74, 6) is -0.878. The standard InChI is InChI=1S/C15H13ClFNO/c1-2-10-3-5-12(18-9-10)8-15(19)13-7-11(16)4-6-14(13)17/h3-7,9H,2,8H2,1H3. The van der Waals surface area contributed by atoms with Gasteiger partial charge in [0.15, 0.2) is 5.78 Å². The number of carbonyl (C=O) groups excluding carboxylic acids is 1. The van der Waals surface area contributed by atoms with E-state index in [0.29, 0.717) is 10.7 Å². The first-order valence-electron chi connectivity index (χ1n) is 6.02. The molecule has 0 saturated heterocycles. The highest BCUT2D eigenvalue weighted by Gasteiger charge is 2.13. The number of Topliss-reactive ketones (excluding diaryl/α,β-unsaturated/α-hetero) is 1. The molecule has 0 bridgehead atoms. The van der Waals surface area contributed by atoms with Crippen LogP contribution in [0.3, 0.4) is 0 Å². The van der Waals surface area contributed by atoms with Crippen molar-refractivity contribution < 1.29 is 9.18 Å². The van der Waals surface area contributed by atoms with E-state index >= 15 is 0 Å². The Bertz CT molecular complexity index is 596. The van der Waals surface area contributed by atoms with E-state index in [0.717, 1.165) is 12.0 Å². The molecular weight excluding hydrogens is 265 g/mol. The van der Waals surface area contributed by atoms with Gasteiger partial charge in [0.25, 0.3) is 0 Å². The molecule has 98 valence electrons. The number of carbonyl (C=O) groups is 1. The molecule has 2 aromatic rings. The number of ketones is 1. The van der Waals surface area contributed by atoms with Crippen molar-refractivity contribution in [2.75, 3.05) is 0 Å². The maximum Gasteiger partial charge on any atom is 0.171 e. The summed E-state index contributed by atoms with van der Waals surface area (Å²) in [6.07, 6.45) is 2.70. The second-order valence-electron chi connectivity index (χ2n) is 4.24. The predicted octanol–water partition coefficient (Wildman–Crippen LogP) is 3.86. The number of halogens is 2. The van der Waals surface area contributed by atoms with Crippen LogP contribution in [-0.2, 0) is 12.8 Å². The van der Waals surface area contributed by atoms with Gasteiger partial charge in [0, 0.05) is 16.9 Å². The minimum atomic E-state index is -0.556. The number of hydrogen-bond acceptors (Lipinski definition) is 2. The molecule has 19 heavy (non-hydrogen) atoms. The number of hydrogen-bond donors (Lipinski definition) is 0.